The lowest BCUT2D eigenvalue weighted by atomic mass is 10.1. The summed E-state index contributed by atoms with van der Waals surface area (Å²) in [6.07, 6.45) is 4.41. The molecule has 1 saturated heterocycles. The number of ether oxygens (including phenoxy) is 1. The summed E-state index contributed by atoms with van der Waals surface area (Å²) < 4.78 is 9.62. The number of hydrogen-bond donors (Lipinski definition) is 1. The van der Waals surface area contributed by atoms with Crippen LogP contribution in [0.3, 0.4) is 0 Å². The van der Waals surface area contributed by atoms with Crippen molar-refractivity contribution >= 4 is 11.2 Å². The third-order valence-electron chi connectivity index (χ3n) is 3.81. The Balaban J connectivity index is 2.16. The molecule has 2 atom stereocenters. The van der Waals surface area contributed by atoms with Gasteiger partial charge in [0.1, 0.15) is 18.2 Å². The Bertz CT molecular complexity index is 713. The van der Waals surface area contributed by atoms with E-state index in [0.717, 1.165) is 12.8 Å². The molecule has 1 aliphatic rings. The zero-order valence-corrected chi connectivity index (χ0v) is 12.5. The maximum absolute atomic E-state index is 11.9. The van der Waals surface area contributed by atoms with Crippen molar-refractivity contribution in [1.29, 1.82) is 0 Å². The van der Waals surface area contributed by atoms with Crippen molar-refractivity contribution in [3.8, 4) is 0 Å². The smallest absolute Gasteiger partial charge is 0.300 e. The Kier molecular flexibility index (Phi) is 3.33. The number of rotatable bonds is 2. The van der Waals surface area contributed by atoms with Crippen LogP contribution in [0.4, 0.5) is 0 Å². The van der Waals surface area contributed by atoms with E-state index >= 15 is 0 Å². The number of aromatic nitrogens is 4. The maximum Gasteiger partial charge on any atom is 0.300 e. The highest BCUT2D eigenvalue weighted by molar-refractivity contribution is 5.70. The topological polar surface area (TPSA) is 82.2 Å². The molecule has 2 unspecified atom stereocenters. The van der Waals surface area contributed by atoms with E-state index in [1.54, 1.807) is 12.7 Å². The van der Waals surface area contributed by atoms with Gasteiger partial charge in [0.25, 0.3) is 0 Å². The Morgan fingerprint density at radius 1 is 1.33 bits per heavy atom. The molecule has 1 N–H and O–H groups in total. The summed E-state index contributed by atoms with van der Waals surface area (Å²) in [7, 11) is 0. The third kappa shape index (κ3) is 2.36. The quantitative estimate of drug-likeness (QED) is 0.893. The molecule has 114 valence electrons. The van der Waals surface area contributed by atoms with Crippen LogP contribution in [0.25, 0.3) is 11.2 Å². The average molecular weight is 292 g/mol. The van der Waals surface area contributed by atoms with Crippen molar-refractivity contribution in [2.24, 2.45) is 0 Å². The van der Waals surface area contributed by atoms with Gasteiger partial charge in [0, 0.05) is 5.54 Å². The predicted octanol–water partition coefficient (Wildman–Crippen LogP) is 1.02. The molecule has 0 spiro atoms. The SMILES string of the molecule is CC(C)(C)n1cnc(=O)c2ncn(C3CCC(CO)O3)c21. The highest BCUT2D eigenvalue weighted by Crippen LogP contribution is 2.31. The summed E-state index contributed by atoms with van der Waals surface area (Å²) in [4.78, 5) is 20.0. The van der Waals surface area contributed by atoms with E-state index < -0.39 is 0 Å². The van der Waals surface area contributed by atoms with E-state index in [1.165, 1.54) is 0 Å². The molecule has 3 rings (SSSR count). The van der Waals surface area contributed by atoms with Crippen LogP contribution < -0.4 is 5.56 Å². The monoisotopic (exact) mass is 292 g/mol. The maximum atomic E-state index is 11.9. The molecule has 0 saturated carbocycles. The van der Waals surface area contributed by atoms with E-state index in [0.29, 0.717) is 11.2 Å². The minimum atomic E-state index is -0.332. The van der Waals surface area contributed by atoms with Crippen LogP contribution in [0.15, 0.2) is 17.4 Å². The van der Waals surface area contributed by atoms with E-state index in [2.05, 4.69) is 9.97 Å². The van der Waals surface area contributed by atoms with Crippen LogP contribution in [0.5, 0.6) is 0 Å². The van der Waals surface area contributed by atoms with Crippen molar-refractivity contribution in [3.63, 3.8) is 0 Å². The molecule has 0 aromatic carbocycles. The van der Waals surface area contributed by atoms with Crippen LogP contribution >= 0.6 is 0 Å². The number of hydrogen-bond acceptors (Lipinski definition) is 5. The fourth-order valence-corrected chi connectivity index (χ4v) is 2.70. The van der Waals surface area contributed by atoms with Crippen molar-refractivity contribution in [1.82, 2.24) is 19.1 Å². The second-order valence-electron chi connectivity index (χ2n) is 6.39. The van der Waals surface area contributed by atoms with Gasteiger partial charge < -0.3 is 14.4 Å². The first-order valence-electron chi connectivity index (χ1n) is 7.13. The lowest BCUT2D eigenvalue weighted by molar-refractivity contribution is -0.0211. The van der Waals surface area contributed by atoms with Gasteiger partial charge in [-0.05, 0) is 33.6 Å². The number of fused-ring (bicyclic) bond motifs is 1. The van der Waals surface area contributed by atoms with Gasteiger partial charge in [0.2, 0.25) is 0 Å². The Morgan fingerprint density at radius 2 is 2.10 bits per heavy atom. The predicted molar refractivity (Wildman–Crippen MR) is 77.0 cm³/mol. The molecule has 0 radical (unpaired) electrons. The number of aliphatic hydroxyl groups excluding tert-OH is 1. The minimum absolute atomic E-state index is 0.0107. The van der Waals surface area contributed by atoms with Gasteiger partial charge in [-0.25, -0.2) is 4.98 Å². The minimum Gasteiger partial charge on any atom is -0.394 e. The Morgan fingerprint density at radius 3 is 2.71 bits per heavy atom. The third-order valence-corrected chi connectivity index (χ3v) is 3.81. The van der Waals surface area contributed by atoms with Crippen molar-refractivity contribution < 1.29 is 9.84 Å². The van der Waals surface area contributed by atoms with Crippen LogP contribution in [0.2, 0.25) is 0 Å². The molecule has 21 heavy (non-hydrogen) atoms. The van der Waals surface area contributed by atoms with Gasteiger partial charge >= 0.3 is 5.56 Å². The molecule has 2 aromatic heterocycles. The van der Waals surface area contributed by atoms with E-state index in [4.69, 9.17) is 4.74 Å². The molecule has 2 aromatic rings. The van der Waals surface area contributed by atoms with E-state index in [1.807, 2.05) is 29.9 Å². The molecule has 7 nitrogen and oxygen atoms in total. The zero-order chi connectivity index (χ0) is 15.2. The summed E-state index contributed by atoms with van der Waals surface area (Å²) in [5, 5.41) is 9.21. The molecule has 1 fully saturated rings. The first-order valence-corrected chi connectivity index (χ1v) is 7.13. The summed E-state index contributed by atoms with van der Waals surface area (Å²) in [6.45, 7) is 6.14. The lowest BCUT2D eigenvalue weighted by Gasteiger charge is -2.25. The molecule has 3 heterocycles. The van der Waals surface area contributed by atoms with Crippen LogP contribution in [0.1, 0.15) is 39.8 Å². The first kappa shape index (κ1) is 14.2. The molecule has 7 heteroatoms. The zero-order valence-electron chi connectivity index (χ0n) is 12.5. The number of imidazole rings is 1. The highest BCUT2D eigenvalue weighted by Gasteiger charge is 2.29. The Hall–Kier alpha value is -1.73. The highest BCUT2D eigenvalue weighted by atomic mass is 16.5. The molecular weight excluding hydrogens is 272 g/mol. The van der Waals surface area contributed by atoms with E-state index in [9.17, 15) is 9.90 Å². The van der Waals surface area contributed by atoms with Gasteiger partial charge in [-0.1, -0.05) is 0 Å². The molecule has 0 amide bonds. The lowest BCUT2D eigenvalue weighted by Crippen LogP contribution is -2.27. The van der Waals surface area contributed by atoms with Crippen LogP contribution in [-0.2, 0) is 10.3 Å². The molecule has 0 aliphatic carbocycles. The van der Waals surface area contributed by atoms with E-state index in [-0.39, 0.29) is 30.0 Å². The fraction of sp³-hybridized carbons (Fsp3) is 0.643. The van der Waals surface area contributed by atoms with Gasteiger partial charge in [0.05, 0.1) is 19.0 Å². The average Bonchev–Trinajstić information content (AvgIpc) is 3.03. The molecule has 1 aliphatic heterocycles. The van der Waals surface area contributed by atoms with Crippen molar-refractivity contribution in [3.05, 3.63) is 23.0 Å². The van der Waals surface area contributed by atoms with Gasteiger partial charge in [0.15, 0.2) is 5.52 Å². The molecular formula is C14H20N4O3. The summed E-state index contributed by atoms with van der Waals surface area (Å²) >= 11 is 0. The summed E-state index contributed by atoms with van der Waals surface area (Å²) in [5.74, 6) is 0. The summed E-state index contributed by atoms with van der Waals surface area (Å²) in [6, 6.07) is 0. The van der Waals surface area contributed by atoms with Crippen molar-refractivity contribution in [2.75, 3.05) is 6.61 Å². The summed E-state index contributed by atoms with van der Waals surface area (Å²) in [5.41, 5.74) is 0.502. The second kappa shape index (κ2) is 4.92. The molecule has 0 bridgehead atoms. The first-order chi connectivity index (χ1) is 9.91. The van der Waals surface area contributed by atoms with Crippen LogP contribution in [0, 0.1) is 0 Å². The second-order valence-corrected chi connectivity index (χ2v) is 6.39. The Labute approximate surface area is 122 Å². The van der Waals surface area contributed by atoms with Gasteiger partial charge in [-0.3, -0.25) is 9.36 Å². The van der Waals surface area contributed by atoms with Gasteiger partial charge in [-0.2, -0.15) is 4.98 Å². The normalized spacial score (nSPS) is 23.0. The van der Waals surface area contributed by atoms with Gasteiger partial charge in [-0.15, -0.1) is 0 Å². The number of aliphatic hydroxyl groups is 1. The van der Waals surface area contributed by atoms with Crippen molar-refractivity contribution in [2.45, 2.75) is 51.5 Å². The number of nitrogens with zero attached hydrogens (tertiary/aromatic N) is 4. The largest absolute Gasteiger partial charge is 0.394 e. The standard InChI is InChI=1S/C14H20N4O3/c1-14(2,3)18-8-16-12(20)11-13(18)17(7-15-11)10-5-4-9(6-19)21-10/h7-10,19H,4-6H2,1-3H3. The van der Waals surface area contributed by atoms with Crippen LogP contribution in [-0.4, -0.2) is 36.9 Å². The fourth-order valence-electron chi connectivity index (χ4n) is 2.70.